The Morgan fingerprint density at radius 3 is 2.31 bits per heavy atom. The van der Waals surface area contributed by atoms with Crippen molar-refractivity contribution in [3.05, 3.63) is 35.9 Å². The average Bonchev–Trinajstić information content (AvgIpc) is 2.59. The van der Waals surface area contributed by atoms with Crippen molar-refractivity contribution in [2.24, 2.45) is 5.73 Å². The second kappa shape index (κ2) is 9.91. The van der Waals surface area contributed by atoms with Crippen molar-refractivity contribution >= 4 is 24.6 Å². The van der Waals surface area contributed by atoms with Crippen LogP contribution in [0.25, 0.3) is 0 Å². The van der Waals surface area contributed by atoms with Crippen molar-refractivity contribution in [3.63, 3.8) is 0 Å². The van der Waals surface area contributed by atoms with Crippen LogP contribution in [0.5, 0.6) is 0 Å². The molecule has 2 unspecified atom stereocenters. The molecule has 0 heterocycles. The number of aliphatic hydroxyl groups excluding tert-OH is 2. The summed E-state index contributed by atoms with van der Waals surface area (Å²) in [7, 11) is 0. The molecule has 146 valence electrons. The molecule has 4 N–H and O–H groups in total. The van der Waals surface area contributed by atoms with E-state index in [-0.39, 0.29) is 12.2 Å². The van der Waals surface area contributed by atoms with Gasteiger partial charge in [0.05, 0.1) is 24.8 Å². The predicted octanol–water partition coefficient (Wildman–Crippen LogP) is 1.49. The van der Waals surface area contributed by atoms with Gasteiger partial charge in [-0.25, -0.2) is 9.69 Å². The van der Waals surface area contributed by atoms with E-state index in [0.717, 1.165) is 4.90 Å². The standard InChI is InChI=1S/C18H28N2O5S/c1-18(2,3)25-17(24)20(16(23)14(19)11-26)15(9-13(22)10-21)12-7-5-4-6-8-12/h4-8,13-15,21-22,26H,9-11,19H2,1-3H3/t13?,14-,15?/m0/s1. The molecule has 0 spiro atoms. The molecule has 1 aromatic rings. The van der Waals surface area contributed by atoms with Crippen LogP contribution in [-0.2, 0) is 9.53 Å². The minimum absolute atomic E-state index is 0.0438. The van der Waals surface area contributed by atoms with E-state index in [1.54, 1.807) is 51.1 Å². The Morgan fingerprint density at radius 1 is 1.27 bits per heavy atom. The molecule has 1 aromatic carbocycles. The first-order valence-electron chi connectivity index (χ1n) is 8.37. The molecule has 2 amide bonds. The lowest BCUT2D eigenvalue weighted by molar-refractivity contribution is -0.134. The maximum Gasteiger partial charge on any atom is 0.417 e. The Morgan fingerprint density at radius 2 is 1.85 bits per heavy atom. The summed E-state index contributed by atoms with van der Waals surface area (Å²) in [4.78, 5) is 26.5. The van der Waals surface area contributed by atoms with Gasteiger partial charge in [-0.3, -0.25) is 4.79 Å². The predicted molar refractivity (Wildman–Crippen MR) is 102 cm³/mol. The average molecular weight is 384 g/mol. The smallest absolute Gasteiger partial charge is 0.417 e. The third-order valence-electron chi connectivity index (χ3n) is 3.54. The van der Waals surface area contributed by atoms with E-state index in [1.165, 1.54) is 0 Å². The highest BCUT2D eigenvalue weighted by Gasteiger charge is 2.37. The molecule has 0 saturated heterocycles. The van der Waals surface area contributed by atoms with Gasteiger partial charge in [0, 0.05) is 12.2 Å². The van der Waals surface area contributed by atoms with E-state index in [4.69, 9.17) is 10.5 Å². The number of carbonyl (C=O) groups is 2. The fraction of sp³-hybridized carbons (Fsp3) is 0.556. The number of imide groups is 1. The molecule has 0 fully saturated rings. The number of aliphatic hydroxyl groups is 2. The molecule has 8 heteroatoms. The minimum Gasteiger partial charge on any atom is -0.443 e. The fourth-order valence-corrected chi connectivity index (χ4v) is 2.49. The van der Waals surface area contributed by atoms with E-state index in [2.05, 4.69) is 12.6 Å². The van der Waals surface area contributed by atoms with Crippen molar-refractivity contribution in [1.82, 2.24) is 4.90 Å². The topological polar surface area (TPSA) is 113 Å². The molecule has 0 bridgehead atoms. The van der Waals surface area contributed by atoms with Crippen LogP contribution in [0.15, 0.2) is 30.3 Å². The summed E-state index contributed by atoms with van der Waals surface area (Å²) in [6.45, 7) is 4.56. The molecule has 0 saturated carbocycles. The largest absolute Gasteiger partial charge is 0.443 e. The maximum absolute atomic E-state index is 12.8. The maximum atomic E-state index is 12.8. The zero-order valence-corrected chi connectivity index (χ0v) is 16.2. The number of thiol groups is 1. The summed E-state index contributed by atoms with van der Waals surface area (Å²) in [6, 6.07) is 6.91. The molecule has 0 aliphatic rings. The second-order valence-electron chi connectivity index (χ2n) is 6.98. The van der Waals surface area contributed by atoms with Gasteiger partial charge in [-0.05, 0) is 26.3 Å². The van der Waals surface area contributed by atoms with Gasteiger partial charge in [-0.1, -0.05) is 30.3 Å². The molecule has 0 aromatic heterocycles. The van der Waals surface area contributed by atoms with Crippen LogP contribution in [0, 0.1) is 0 Å². The molecule has 7 nitrogen and oxygen atoms in total. The third-order valence-corrected chi connectivity index (χ3v) is 3.94. The van der Waals surface area contributed by atoms with Gasteiger partial charge in [0.25, 0.3) is 0 Å². The summed E-state index contributed by atoms with van der Waals surface area (Å²) in [5, 5.41) is 19.2. The van der Waals surface area contributed by atoms with Crippen LogP contribution in [0.2, 0.25) is 0 Å². The monoisotopic (exact) mass is 384 g/mol. The van der Waals surface area contributed by atoms with Gasteiger partial charge in [-0.15, -0.1) is 0 Å². The highest BCUT2D eigenvalue weighted by Crippen LogP contribution is 2.28. The van der Waals surface area contributed by atoms with E-state index < -0.39 is 42.4 Å². The number of nitrogens with zero attached hydrogens (tertiary/aromatic N) is 1. The molecule has 0 aliphatic heterocycles. The molecule has 3 atom stereocenters. The number of nitrogens with two attached hydrogens (primary N) is 1. The lowest BCUT2D eigenvalue weighted by Crippen LogP contribution is -2.51. The molecule has 26 heavy (non-hydrogen) atoms. The summed E-state index contributed by atoms with van der Waals surface area (Å²) in [5.74, 6) is -0.615. The summed E-state index contributed by atoms with van der Waals surface area (Å²) >= 11 is 4.03. The Bertz CT molecular complexity index is 591. The van der Waals surface area contributed by atoms with Crippen molar-refractivity contribution in [1.29, 1.82) is 0 Å². The number of hydrogen-bond donors (Lipinski definition) is 4. The molecule has 0 aliphatic carbocycles. The van der Waals surface area contributed by atoms with Crippen LogP contribution in [-0.4, -0.2) is 57.2 Å². The van der Waals surface area contributed by atoms with Crippen LogP contribution in [0.4, 0.5) is 4.79 Å². The molecule has 0 radical (unpaired) electrons. The van der Waals surface area contributed by atoms with Gasteiger partial charge in [0.15, 0.2) is 0 Å². The number of rotatable bonds is 7. The first-order chi connectivity index (χ1) is 12.1. The SMILES string of the molecule is CC(C)(C)OC(=O)N(C(=O)[C@@H](N)CS)C(CC(O)CO)c1ccccc1. The first-order valence-corrected chi connectivity index (χ1v) is 9.00. The van der Waals surface area contributed by atoms with Crippen molar-refractivity contribution in [3.8, 4) is 0 Å². The van der Waals surface area contributed by atoms with E-state index in [0.29, 0.717) is 5.56 Å². The van der Waals surface area contributed by atoms with Gasteiger partial charge < -0.3 is 20.7 Å². The Hall–Kier alpha value is -1.61. The second-order valence-corrected chi connectivity index (χ2v) is 7.34. The Kier molecular flexibility index (Phi) is 8.55. The highest BCUT2D eigenvalue weighted by atomic mass is 32.1. The van der Waals surface area contributed by atoms with Crippen molar-refractivity contribution in [2.75, 3.05) is 12.4 Å². The number of carbonyl (C=O) groups excluding carboxylic acids is 2. The highest BCUT2D eigenvalue weighted by molar-refractivity contribution is 7.80. The van der Waals surface area contributed by atoms with E-state index in [1.807, 2.05) is 0 Å². The van der Waals surface area contributed by atoms with Crippen LogP contribution in [0.1, 0.15) is 38.8 Å². The zero-order chi connectivity index (χ0) is 19.9. The number of benzene rings is 1. The van der Waals surface area contributed by atoms with Gasteiger partial charge >= 0.3 is 6.09 Å². The van der Waals surface area contributed by atoms with Crippen LogP contribution in [0.3, 0.4) is 0 Å². The van der Waals surface area contributed by atoms with Crippen LogP contribution >= 0.6 is 12.6 Å². The summed E-state index contributed by atoms with van der Waals surface area (Å²) in [5.41, 5.74) is 5.61. The normalized spacial score (nSPS) is 15.0. The molecular formula is C18H28N2O5S. The lowest BCUT2D eigenvalue weighted by Gasteiger charge is -2.34. The number of amides is 2. The number of ether oxygens (including phenoxy) is 1. The fourth-order valence-electron chi connectivity index (χ4n) is 2.34. The first kappa shape index (κ1) is 22.4. The van der Waals surface area contributed by atoms with Crippen molar-refractivity contribution in [2.45, 2.75) is 51.0 Å². The van der Waals surface area contributed by atoms with Crippen molar-refractivity contribution < 1.29 is 24.5 Å². The molecular weight excluding hydrogens is 356 g/mol. The zero-order valence-electron chi connectivity index (χ0n) is 15.3. The van der Waals surface area contributed by atoms with Crippen LogP contribution < -0.4 is 5.73 Å². The summed E-state index contributed by atoms with van der Waals surface area (Å²) < 4.78 is 5.37. The Labute approximate surface area is 159 Å². The van der Waals surface area contributed by atoms with Gasteiger partial charge in [0.1, 0.15) is 5.60 Å². The van der Waals surface area contributed by atoms with E-state index in [9.17, 15) is 19.8 Å². The minimum atomic E-state index is -1.12. The lowest BCUT2D eigenvalue weighted by atomic mass is 9.98. The third kappa shape index (κ3) is 6.60. The van der Waals surface area contributed by atoms with E-state index >= 15 is 0 Å². The van der Waals surface area contributed by atoms with Gasteiger partial charge in [-0.2, -0.15) is 12.6 Å². The molecule has 1 rings (SSSR count). The number of hydrogen-bond acceptors (Lipinski definition) is 7. The summed E-state index contributed by atoms with van der Waals surface area (Å²) in [6.07, 6.45) is -2.03. The van der Waals surface area contributed by atoms with Gasteiger partial charge in [0.2, 0.25) is 5.91 Å². The quantitative estimate of drug-likeness (QED) is 0.530. The Balaban J connectivity index is 3.35.